The van der Waals surface area contributed by atoms with Crippen LogP contribution in [0, 0.1) is 6.92 Å². The SMILES string of the molecule is CCC(N)c1ccc(Oc2ccc(Cl)cc2C)cn1. The monoisotopic (exact) mass is 276 g/mol. The molecule has 0 aliphatic rings. The first-order valence-electron chi connectivity index (χ1n) is 6.25. The normalized spacial score (nSPS) is 12.2. The van der Waals surface area contributed by atoms with E-state index in [-0.39, 0.29) is 6.04 Å². The molecule has 0 amide bonds. The van der Waals surface area contributed by atoms with Gasteiger partial charge < -0.3 is 10.5 Å². The molecule has 1 unspecified atom stereocenters. The Kier molecular flexibility index (Phi) is 4.40. The molecule has 0 radical (unpaired) electrons. The minimum absolute atomic E-state index is 0.0219. The molecule has 4 heteroatoms. The van der Waals surface area contributed by atoms with Crippen LogP contribution in [0.2, 0.25) is 5.02 Å². The number of nitrogens with two attached hydrogens (primary N) is 1. The maximum atomic E-state index is 5.92. The molecule has 1 aromatic heterocycles. The molecule has 2 aromatic rings. The van der Waals surface area contributed by atoms with Crippen molar-refractivity contribution >= 4 is 11.6 Å². The van der Waals surface area contributed by atoms with Gasteiger partial charge in [-0.3, -0.25) is 4.98 Å². The number of hydrogen-bond acceptors (Lipinski definition) is 3. The van der Waals surface area contributed by atoms with Crippen molar-refractivity contribution in [3.8, 4) is 11.5 Å². The summed E-state index contributed by atoms with van der Waals surface area (Å²) in [4.78, 5) is 4.32. The fourth-order valence-electron chi connectivity index (χ4n) is 1.73. The van der Waals surface area contributed by atoms with Crippen LogP contribution in [0.5, 0.6) is 11.5 Å². The highest BCUT2D eigenvalue weighted by Gasteiger charge is 2.06. The van der Waals surface area contributed by atoms with Gasteiger partial charge in [0.25, 0.3) is 0 Å². The van der Waals surface area contributed by atoms with Gasteiger partial charge in [0.05, 0.1) is 11.9 Å². The van der Waals surface area contributed by atoms with E-state index in [2.05, 4.69) is 4.98 Å². The minimum atomic E-state index is -0.0219. The molecule has 2 rings (SSSR count). The number of rotatable bonds is 4. The summed E-state index contributed by atoms with van der Waals surface area (Å²) >= 11 is 5.91. The first kappa shape index (κ1) is 13.8. The lowest BCUT2D eigenvalue weighted by Gasteiger charge is -2.11. The van der Waals surface area contributed by atoms with E-state index in [0.29, 0.717) is 10.8 Å². The summed E-state index contributed by atoms with van der Waals surface area (Å²) in [5.41, 5.74) is 7.78. The van der Waals surface area contributed by atoms with Crippen molar-refractivity contribution in [1.29, 1.82) is 0 Å². The number of benzene rings is 1. The molecule has 0 aliphatic carbocycles. The van der Waals surface area contributed by atoms with Gasteiger partial charge in [0.2, 0.25) is 0 Å². The lowest BCUT2D eigenvalue weighted by atomic mass is 10.1. The number of ether oxygens (including phenoxy) is 1. The van der Waals surface area contributed by atoms with Crippen LogP contribution in [0.4, 0.5) is 0 Å². The van der Waals surface area contributed by atoms with Crippen LogP contribution in [0.25, 0.3) is 0 Å². The molecule has 1 atom stereocenters. The van der Waals surface area contributed by atoms with E-state index >= 15 is 0 Å². The largest absolute Gasteiger partial charge is 0.455 e. The summed E-state index contributed by atoms with van der Waals surface area (Å²) < 4.78 is 5.77. The van der Waals surface area contributed by atoms with Gasteiger partial charge in [-0.1, -0.05) is 18.5 Å². The molecular formula is C15H17ClN2O. The first-order valence-corrected chi connectivity index (χ1v) is 6.63. The van der Waals surface area contributed by atoms with E-state index in [1.807, 2.05) is 38.1 Å². The van der Waals surface area contributed by atoms with Gasteiger partial charge in [-0.25, -0.2) is 0 Å². The van der Waals surface area contributed by atoms with Gasteiger partial charge in [-0.05, 0) is 49.2 Å². The highest BCUT2D eigenvalue weighted by atomic mass is 35.5. The van der Waals surface area contributed by atoms with Gasteiger partial charge in [0.1, 0.15) is 11.5 Å². The van der Waals surface area contributed by atoms with Crippen molar-refractivity contribution in [3.63, 3.8) is 0 Å². The van der Waals surface area contributed by atoms with Gasteiger partial charge in [-0.2, -0.15) is 0 Å². The van der Waals surface area contributed by atoms with Crippen LogP contribution >= 0.6 is 11.6 Å². The smallest absolute Gasteiger partial charge is 0.145 e. The zero-order chi connectivity index (χ0) is 13.8. The Morgan fingerprint density at radius 3 is 2.68 bits per heavy atom. The predicted octanol–water partition coefficient (Wildman–Crippen LogP) is 4.25. The molecule has 0 aliphatic heterocycles. The summed E-state index contributed by atoms with van der Waals surface area (Å²) in [6.07, 6.45) is 2.56. The van der Waals surface area contributed by atoms with Crippen molar-refractivity contribution < 1.29 is 4.74 Å². The number of nitrogens with zero attached hydrogens (tertiary/aromatic N) is 1. The second-order valence-corrected chi connectivity index (χ2v) is 4.88. The lowest BCUT2D eigenvalue weighted by molar-refractivity contribution is 0.475. The Hall–Kier alpha value is -1.58. The molecule has 0 spiro atoms. The standard InChI is InChI=1S/C15H17ClN2O/c1-3-13(17)14-6-5-12(9-18-14)19-15-7-4-11(16)8-10(15)2/h4-9,13H,3,17H2,1-2H3. The van der Waals surface area contributed by atoms with Crippen molar-refractivity contribution in [2.24, 2.45) is 5.73 Å². The zero-order valence-electron chi connectivity index (χ0n) is 11.1. The minimum Gasteiger partial charge on any atom is -0.455 e. The van der Waals surface area contributed by atoms with E-state index in [9.17, 15) is 0 Å². The van der Waals surface area contributed by atoms with Crippen molar-refractivity contribution in [3.05, 3.63) is 52.8 Å². The fraction of sp³-hybridized carbons (Fsp3) is 0.267. The van der Waals surface area contributed by atoms with Gasteiger partial charge in [-0.15, -0.1) is 0 Å². The maximum absolute atomic E-state index is 5.92. The summed E-state index contributed by atoms with van der Waals surface area (Å²) in [5, 5.41) is 0.701. The van der Waals surface area contributed by atoms with Gasteiger partial charge >= 0.3 is 0 Å². The van der Waals surface area contributed by atoms with Crippen LogP contribution in [-0.2, 0) is 0 Å². The topological polar surface area (TPSA) is 48.1 Å². The Bertz CT molecular complexity index is 555. The molecule has 0 saturated carbocycles. The maximum Gasteiger partial charge on any atom is 0.145 e. The van der Waals surface area contributed by atoms with Gasteiger partial charge in [0.15, 0.2) is 0 Å². The number of aromatic nitrogens is 1. The van der Waals surface area contributed by atoms with Crippen LogP contribution in [0.1, 0.15) is 30.6 Å². The molecular weight excluding hydrogens is 260 g/mol. The van der Waals surface area contributed by atoms with Crippen LogP contribution in [0.15, 0.2) is 36.5 Å². The molecule has 1 heterocycles. The third kappa shape index (κ3) is 3.46. The van der Waals surface area contributed by atoms with E-state index < -0.39 is 0 Å². The van der Waals surface area contributed by atoms with E-state index in [0.717, 1.165) is 23.4 Å². The molecule has 19 heavy (non-hydrogen) atoms. The Morgan fingerprint density at radius 2 is 2.11 bits per heavy atom. The Labute approximate surface area is 118 Å². The molecule has 3 nitrogen and oxygen atoms in total. The third-order valence-electron chi connectivity index (χ3n) is 2.94. The molecule has 0 saturated heterocycles. The summed E-state index contributed by atoms with van der Waals surface area (Å²) in [6, 6.07) is 9.28. The van der Waals surface area contributed by atoms with E-state index in [1.165, 1.54) is 0 Å². The number of halogens is 1. The predicted molar refractivity (Wildman–Crippen MR) is 77.7 cm³/mol. The van der Waals surface area contributed by atoms with Crippen molar-refractivity contribution in [1.82, 2.24) is 4.98 Å². The van der Waals surface area contributed by atoms with Crippen molar-refractivity contribution in [2.45, 2.75) is 26.3 Å². The van der Waals surface area contributed by atoms with E-state index in [4.69, 9.17) is 22.1 Å². The number of aryl methyl sites for hydroxylation is 1. The lowest BCUT2D eigenvalue weighted by Crippen LogP contribution is -2.10. The first-order chi connectivity index (χ1) is 9.10. The molecule has 100 valence electrons. The highest BCUT2D eigenvalue weighted by Crippen LogP contribution is 2.27. The number of pyridine rings is 1. The second kappa shape index (κ2) is 6.04. The summed E-state index contributed by atoms with van der Waals surface area (Å²) in [5.74, 6) is 1.47. The highest BCUT2D eigenvalue weighted by molar-refractivity contribution is 6.30. The average Bonchev–Trinajstić information content (AvgIpc) is 2.42. The van der Waals surface area contributed by atoms with Crippen LogP contribution in [-0.4, -0.2) is 4.98 Å². The van der Waals surface area contributed by atoms with Crippen LogP contribution < -0.4 is 10.5 Å². The zero-order valence-corrected chi connectivity index (χ0v) is 11.8. The number of hydrogen-bond donors (Lipinski definition) is 1. The molecule has 1 aromatic carbocycles. The third-order valence-corrected chi connectivity index (χ3v) is 3.18. The summed E-state index contributed by atoms with van der Waals surface area (Å²) in [7, 11) is 0. The molecule has 0 fully saturated rings. The fourth-order valence-corrected chi connectivity index (χ4v) is 1.96. The molecule has 2 N–H and O–H groups in total. The van der Waals surface area contributed by atoms with Crippen LogP contribution in [0.3, 0.4) is 0 Å². The quantitative estimate of drug-likeness (QED) is 0.908. The van der Waals surface area contributed by atoms with Crippen molar-refractivity contribution in [2.75, 3.05) is 0 Å². The second-order valence-electron chi connectivity index (χ2n) is 4.45. The Morgan fingerprint density at radius 1 is 1.32 bits per heavy atom. The van der Waals surface area contributed by atoms with Gasteiger partial charge in [0, 0.05) is 11.1 Å². The summed E-state index contributed by atoms with van der Waals surface area (Å²) in [6.45, 7) is 3.99. The average molecular weight is 277 g/mol. The Balaban J connectivity index is 2.15. The molecule has 0 bridgehead atoms. The van der Waals surface area contributed by atoms with E-state index in [1.54, 1.807) is 12.3 Å².